The van der Waals surface area contributed by atoms with Crippen LogP contribution in [0, 0.1) is 11.3 Å². The van der Waals surface area contributed by atoms with Crippen molar-refractivity contribution in [1.29, 1.82) is 5.41 Å². The molecule has 1 fully saturated rings. The van der Waals surface area contributed by atoms with Crippen LogP contribution in [0.4, 0.5) is 0 Å². The Kier molecular flexibility index (Phi) is 7.37. The molecule has 1 saturated heterocycles. The first-order valence-electron chi connectivity index (χ1n) is 11.6. The van der Waals surface area contributed by atoms with Gasteiger partial charge in [0.25, 0.3) is 0 Å². The molecule has 0 bridgehead atoms. The maximum Gasteiger partial charge on any atom is 0.241 e. The summed E-state index contributed by atoms with van der Waals surface area (Å²) < 4.78 is 29.3. The van der Waals surface area contributed by atoms with E-state index in [4.69, 9.17) is 11.1 Å². The average Bonchev–Trinajstić information content (AvgIpc) is 2.87. The monoisotopic (exact) mass is 507 g/mol. The van der Waals surface area contributed by atoms with E-state index in [-0.39, 0.29) is 23.7 Å². The number of carbonyl (C=O) groups excluding carboxylic acids is 2. The van der Waals surface area contributed by atoms with Crippen molar-refractivity contribution in [3.63, 3.8) is 0 Å². The van der Waals surface area contributed by atoms with Gasteiger partial charge in [0.15, 0.2) is 0 Å². The highest BCUT2D eigenvalue weighted by Crippen LogP contribution is 2.22. The maximum atomic E-state index is 13.5. The molecule has 1 amide bonds. The van der Waals surface area contributed by atoms with Gasteiger partial charge in [-0.15, -0.1) is 0 Å². The normalized spacial score (nSPS) is 17.0. The molecule has 3 aromatic rings. The molecule has 1 aliphatic rings. The minimum atomic E-state index is -4.10. The first-order chi connectivity index (χ1) is 17.1. The number of rotatable bonds is 8. The molecular weight excluding hydrogens is 480 g/mol. The summed E-state index contributed by atoms with van der Waals surface area (Å²) in [5, 5.41) is 20.7. The van der Waals surface area contributed by atoms with Gasteiger partial charge in [-0.1, -0.05) is 48.5 Å². The van der Waals surface area contributed by atoms with E-state index >= 15 is 0 Å². The van der Waals surface area contributed by atoms with Crippen molar-refractivity contribution in [2.75, 3.05) is 13.1 Å². The smallest absolute Gasteiger partial charge is 0.241 e. The Morgan fingerprint density at radius 1 is 1.08 bits per heavy atom. The molecule has 10 heteroatoms. The van der Waals surface area contributed by atoms with Crippen LogP contribution in [-0.2, 0) is 26.0 Å². The number of nitrogens with two attached hydrogens (primary N) is 1. The Balaban J connectivity index is 1.65. The minimum absolute atomic E-state index is 0.000741. The van der Waals surface area contributed by atoms with Crippen LogP contribution < -0.4 is 15.6 Å². The number of sulfonamides is 1. The van der Waals surface area contributed by atoms with E-state index in [0.717, 1.165) is 10.8 Å². The third-order valence-electron chi connectivity index (χ3n) is 6.37. The maximum absolute atomic E-state index is 13.5. The van der Waals surface area contributed by atoms with Crippen LogP contribution in [0.1, 0.15) is 24.0 Å². The first-order valence-corrected chi connectivity index (χ1v) is 13.1. The number of nitrogens with zero attached hydrogens (tertiary/aromatic N) is 1. The zero-order valence-electron chi connectivity index (χ0n) is 19.5. The summed E-state index contributed by atoms with van der Waals surface area (Å²) in [6, 6.07) is 17.6. The van der Waals surface area contributed by atoms with Gasteiger partial charge >= 0.3 is 0 Å². The van der Waals surface area contributed by atoms with Crippen LogP contribution in [0.5, 0.6) is 0 Å². The molecule has 4 N–H and O–H groups in total. The summed E-state index contributed by atoms with van der Waals surface area (Å²) in [7, 11) is -4.10. The third kappa shape index (κ3) is 5.72. The van der Waals surface area contributed by atoms with Crippen LogP contribution in [0.3, 0.4) is 0 Å². The van der Waals surface area contributed by atoms with E-state index in [9.17, 15) is 23.1 Å². The Bertz CT molecular complexity index is 1420. The fraction of sp³-hybridized carbons (Fsp3) is 0.269. The zero-order valence-corrected chi connectivity index (χ0v) is 20.3. The average molecular weight is 508 g/mol. The van der Waals surface area contributed by atoms with E-state index in [1.165, 1.54) is 11.0 Å². The van der Waals surface area contributed by atoms with Gasteiger partial charge in [0.2, 0.25) is 15.9 Å². The SMILES string of the molecule is N=C(N)c1cccc(CC(NS(=O)(=O)c2ccc3ccccc3c2)C(=O)N2CCCC(C(=O)[O-])C2)c1. The molecule has 188 valence electrons. The molecule has 0 saturated carbocycles. The highest BCUT2D eigenvalue weighted by Gasteiger charge is 2.32. The third-order valence-corrected chi connectivity index (χ3v) is 7.84. The van der Waals surface area contributed by atoms with Gasteiger partial charge in [-0.05, 0) is 53.8 Å². The quantitative estimate of drug-likeness (QED) is 0.305. The van der Waals surface area contributed by atoms with Crippen molar-refractivity contribution < 1.29 is 23.1 Å². The van der Waals surface area contributed by atoms with E-state index in [1.807, 2.05) is 18.2 Å². The molecule has 1 heterocycles. The molecule has 0 spiro atoms. The molecule has 1 aliphatic heterocycles. The van der Waals surface area contributed by atoms with Crippen LogP contribution in [0.2, 0.25) is 0 Å². The highest BCUT2D eigenvalue weighted by molar-refractivity contribution is 7.89. The molecule has 0 aromatic heterocycles. The molecule has 2 unspecified atom stereocenters. The van der Waals surface area contributed by atoms with E-state index in [1.54, 1.807) is 42.5 Å². The van der Waals surface area contributed by atoms with Crippen LogP contribution in [0.25, 0.3) is 10.8 Å². The fourth-order valence-corrected chi connectivity index (χ4v) is 5.69. The summed E-state index contributed by atoms with van der Waals surface area (Å²) in [5.74, 6) is -2.70. The molecule has 9 nitrogen and oxygen atoms in total. The lowest BCUT2D eigenvalue weighted by molar-refractivity contribution is -0.312. The van der Waals surface area contributed by atoms with Crippen molar-refractivity contribution in [2.24, 2.45) is 11.7 Å². The number of amidine groups is 1. The Labute approximate surface area is 209 Å². The van der Waals surface area contributed by atoms with E-state index in [2.05, 4.69) is 4.72 Å². The lowest BCUT2D eigenvalue weighted by Crippen LogP contribution is -2.53. The van der Waals surface area contributed by atoms with Gasteiger partial charge in [0.1, 0.15) is 11.9 Å². The number of nitrogen functional groups attached to an aromatic ring is 1. The van der Waals surface area contributed by atoms with Crippen molar-refractivity contribution in [3.8, 4) is 0 Å². The topological polar surface area (TPSA) is 156 Å². The summed E-state index contributed by atoms with van der Waals surface area (Å²) in [4.78, 5) is 26.3. The number of benzene rings is 3. The van der Waals surface area contributed by atoms with E-state index in [0.29, 0.717) is 30.5 Å². The number of hydrogen-bond acceptors (Lipinski definition) is 6. The van der Waals surface area contributed by atoms with Crippen LogP contribution >= 0.6 is 0 Å². The number of piperidine rings is 1. The Morgan fingerprint density at radius 3 is 2.56 bits per heavy atom. The van der Waals surface area contributed by atoms with Gasteiger partial charge in [-0.3, -0.25) is 10.2 Å². The second-order valence-corrected chi connectivity index (χ2v) is 10.7. The molecular formula is C26H27N4O5S-. The predicted octanol–water partition coefficient (Wildman–Crippen LogP) is 1.00. The molecule has 4 rings (SSSR count). The Morgan fingerprint density at radius 2 is 1.83 bits per heavy atom. The van der Waals surface area contributed by atoms with Crippen LogP contribution in [0.15, 0.2) is 71.6 Å². The lowest BCUT2D eigenvalue weighted by Gasteiger charge is -2.35. The van der Waals surface area contributed by atoms with Gasteiger partial charge < -0.3 is 20.5 Å². The van der Waals surface area contributed by atoms with E-state index < -0.39 is 33.9 Å². The number of hydrogen-bond donors (Lipinski definition) is 3. The number of likely N-dealkylation sites (tertiary alicyclic amines) is 1. The van der Waals surface area contributed by atoms with Crippen molar-refractivity contribution >= 4 is 38.5 Å². The standard InChI is InChI=1S/C26H28N4O5S/c27-24(28)20-8-3-5-17(13-20)14-23(25(31)30-12-4-9-21(16-30)26(32)33)29-36(34,35)22-11-10-18-6-1-2-7-19(18)15-22/h1-3,5-8,10-11,13,15,21,23,29H,4,9,12,14,16H2,(H3,27,28)(H,32,33)/p-1. The number of carbonyl (C=O) groups is 2. The number of fused-ring (bicyclic) bond motifs is 1. The predicted molar refractivity (Wildman–Crippen MR) is 134 cm³/mol. The van der Waals surface area contributed by atoms with Gasteiger partial charge in [-0.25, -0.2) is 8.42 Å². The number of carboxylic acid groups (broad SMARTS) is 1. The number of aliphatic carboxylic acids is 1. The molecule has 36 heavy (non-hydrogen) atoms. The largest absolute Gasteiger partial charge is 0.550 e. The molecule has 2 atom stereocenters. The number of carboxylic acids is 1. The second kappa shape index (κ2) is 10.5. The summed E-state index contributed by atoms with van der Waals surface area (Å²) >= 11 is 0. The highest BCUT2D eigenvalue weighted by atomic mass is 32.2. The van der Waals surface area contributed by atoms with Gasteiger partial charge in [-0.2, -0.15) is 4.72 Å². The molecule has 3 aromatic carbocycles. The van der Waals surface area contributed by atoms with Crippen LogP contribution in [-0.4, -0.2) is 50.2 Å². The lowest BCUT2D eigenvalue weighted by atomic mass is 9.96. The van der Waals surface area contributed by atoms with Crippen molar-refractivity contribution in [1.82, 2.24) is 9.62 Å². The molecule has 0 radical (unpaired) electrons. The minimum Gasteiger partial charge on any atom is -0.550 e. The number of amides is 1. The van der Waals surface area contributed by atoms with Gasteiger partial charge in [0, 0.05) is 30.5 Å². The number of nitrogens with one attached hydrogen (secondary N) is 2. The first kappa shape index (κ1) is 25.3. The summed E-state index contributed by atoms with van der Waals surface area (Å²) in [5.41, 5.74) is 6.65. The molecule has 0 aliphatic carbocycles. The fourth-order valence-electron chi connectivity index (χ4n) is 4.46. The summed E-state index contributed by atoms with van der Waals surface area (Å²) in [6.45, 7) is 0.285. The summed E-state index contributed by atoms with van der Waals surface area (Å²) in [6.07, 6.45) is 0.883. The van der Waals surface area contributed by atoms with Crippen molar-refractivity contribution in [2.45, 2.75) is 30.2 Å². The Hall–Kier alpha value is -3.76. The van der Waals surface area contributed by atoms with Crippen molar-refractivity contribution in [3.05, 3.63) is 77.9 Å². The second-order valence-electron chi connectivity index (χ2n) is 8.94. The zero-order chi connectivity index (χ0) is 25.9. The van der Waals surface area contributed by atoms with Gasteiger partial charge in [0.05, 0.1) is 4.90 Å².